The van der Waals surface area contributed by atoms with Crippen molar-refractivity contribution in [1.82, 2.24) is 10.2 Å². The third-order valence-electron chi connectivity index (χ3n) is 2.95. The molecule has 0 aliphatic carbocycles. The SMILES string of the molecule is C/C=C(/C=O)CC(=O)N(C)C1CCC(=O)NC1=O. The zero-order valence-electron chi connectivity index (χ0n) is 10.4. The van der Waals surface area contributed by atoms with Crippen LogP contribution in [0, 0.1) is 0 Å². The molecule has 1 aliphatic rings. The molecule has 0 saturated carbocycles. The van der Waals surface area contributed by atoms with Gasteiger partial charge in [-0.25, -0.2) is 0 Å². The fourth-order valence-electron chi connectivity index (χ4n) is 1.74. The number of likely N-dealkylation sites (N-methyl/N-ethyl adjacent to an activating group) is 1. The third kappa shape index (κ3) is 3.26. The molecule has 0 aromatic rings. The molecule has 1 heterocycles. The van der Waals surface area contributed by atoms with Gasteiger partial charge in [-0.1, -0.05) is 6.08 Å². The molecular weight excluding hydrogens is 236 g/mol. The number of carbonyl (C=O) groups is 4. The first kappa shape index (κ1) is 14.1. The number of hydrogen-bond acceptors (Lipinski definition) is 4. The number of nitrogens with zero attached hydrogens (tertiary/aromatic N) is 1. The number of piperidine rings is 1. The van der Waals surface area contributed by atoms with Crippen LogP contribution in [0.4, 0.5) is 0 Å². The lowest BCUT2D eigenvalue weighted by molar-refractivity contribution is -0.144. The third-order valence-corrected chi connectivity index (χ3v) is 2.95. The fourth-order valence-corrected chi connectivity index (χ4v) is 1.74. The van der Waals surface area contributed by atoms with E-state index in [-0.39, 0.29) is 24.7 Å². The molecule has 0 aromatic carbocycles. The number of amides is 3. The molecule has 98 valence electrons. The van der Waals surface area contributed by atoms with Crippen molar-refractivity contribution in [3.8, 4) is 0 Å². The summed E-state index contributed by atoms with van der Waals surface area (Å²) in [7, 11) is 1.50. The van der Waals surface area contributed by atoms with Gasteiger partial charge >= 0.3 is 0 Å². The van der Waals surface area contributed by atoms with Gasteiger partial charge in [-0.3, -0.25) is 24.5 Å². The highest BCUT2D eigenvalue weighted by Gasteiger charge is 2.32. The molecule has 0 spiro atoms. The predicted molar refractivity (Wildman–Crippen MR) is 63.4 cm³/mol. The van der Waals surface area contributed by atoms with Crippen molar-refractivity contribution in [1.29, 1.82) is 0 Å². The van der Waals surface area contributed by atoms with E-state index in [0.717, 1.165) is 0 Å². The molecule has 6 nitrogen and oxygen atoms in total. The van der Waals surface area contributed by atoms with Crippen molar-refractivity contribution in [2.45, 2.75) is 32.2 Å². The van der Waals surface area contributed by atoms with E-state index >= 15 is 0 Å². The van der Waals surface area contributed by atoms with Gasteiger partial charge in [0.05, 0.1) is 6.42 Å². The Morgan fingerprint density at radius 1 is 1.50 bits per heavy atom. The standard InChI is InChI=1S/C12H16N2O4/c1-3-8(7-15)6-11(17)14(2)9-4-5-10(16)13-12(9)18/h3,7,9H,4-6H2,1-2H3,(H,13,16,18)/b8-3+. The quantitative estimate of drug-likeness (QED) is 0.426. The molecule has 1 aliphatic heterocycles. The lowest BCUT2D eigenvalue weighted by Gasteiger charge is -2.29. The second-order valence-electron chi connectivity index (χ2n) is 4.13. The van der Waals surface area contributed by atoms with E-state index in [4.69, 9.17) is 0 Å². The van der Waals surface area contributed by atoms with Gasteiger partial charge in [-0.05, 0) is 18.9 Å². The van der Waals surface area contributed by atoms with Crippen LogP contribution in [0.5, 0.6) is 0 Å². The summed E-state index contributed by atoms with van der Waals surface area (Å²) in [6.45, 7) is 1.67. The molecule has 1 fully saturated rings. The summed E-state index contributed by atoms with van der Waals surface area (Å²) in [5.41, 5.74) is 0.374. The molecule has 18 heavy (non-hydrogen) atoms. The van der Waals surface area contributed by atoms with Crippen molar-refractivity contribution in [2.75, 3.05) is 7.05 Å². The van der Waals surface area contributed by atoms with E-state index < -0.39 is 11.9 Å². The average Bonchev–Trinajstić information content (AvgIpc) is 2.34. The summed E-state index contributed by atoms with van der Waals surface area (Å²) < 4.78 is 0. The zero-order valence-corrected chi connectivity index (χ0v) is 10.4. The predicted octanol–water partition coefficient (Wildman–Crippen LogP) is -0.215. The second-order valence-corrected chi connectivity index (χ2v) is 4.13. The minimum atomic E-state index is -0.639. The van der Waals surface area contributed by atoms with E-state index in [1.165, 1.54) is 11.9 Å². The number of rotatable bonds is 4. The topological polar surface area (TPSA) is 83.6 Å². The fraction of sp³-hybridized carbons (Fsp3) is 0.500. The lowest BCUT2D eigenvalue weighted by atomic mass is 10.0. The molecule has 0 bridgehead atoms. The highest BCUT2D eigenvalue weighted by atomic mass is 16.2. The summed E-state index contributed by atoms with van der Waals surface area (Å²) in [6.07, 6.45) is 2.69. The highest BCUT2D eigenvalue weighted by molar-refractivity contribution is 6.02. The maximum atomic E-state index is 11.9. The Bertz CT molecular complexity index is 414. The summed E-state index contributed by atoms with van der Waals surface area (Å²) in [5.74, 6) is -1.10. The van der Waals surface area contributed by atoms with Crippen LogP contribution in [-0.4, -0.2) is 42.0 Å². The van der Waals surface area contributed by atoms with Gasteiger partial charge < -0.3 is 4.90 Å². The van der Waals surface area contributed by atoms with Gasteiger partial charge in [0.2, 0.25) is 17.7 Å². The molecule has 0 radical (unpaired) electrons. The summed E-state index contributed by atoms with van der Waals surface area (Å²) in [6, 6.07) is -0.639. The highest BCUT2D eigenvalue weighted by Crippen LogP contribution is 2.13. The maximum Gasteiger partial charge on any atom is 0.249 e. The van der Waals surface area contributed by atoms with E-state index in [1.807, 2.05) is 0 Å². The Kier molecular flexibility index (Phi) is 4.76. The molecule has 1 unspecified atom stereocenters. The number of hydrogen-bond donors (Lipinski definition) is 1. The first-order valence-corrected chi connectivity index (χ1v) is 5.69. The Morgan fingerprint density at radius 3 is 2.67 bits per heavy atom. The molecule has 3 amide bonds. The van der Waals surface area contributed by atoms with E-state index in [1.54, 1.807) is 13.0 Å². The molecule has 1 saturated heterocycles. The zero-order chi connectivity index (χ0) is 13.7. The Morgan fingerprint density at radius 2 is 2.17 bits per heavy atom. The van der Waals surface area contributed by atoms with Crippen LogP contribution in [0.3, 0.4) is 0 Å². The van der Waals surface area contributed by atoms with Crippen molar-refractivity contribution in [3.05, 3.63) is 11.6 Å². The summed E-state index contributed by atoms with van der Waals surface area (Å²) >= 11 is 0. The molecule has 1 atom stereocenters. The number of imide groups is 1. The van der Waals surface area contributed by atoms with Crippen molar-refractivity contribution >= 4 is 24.0 Å². The van der Waals surface area contributed by atoms with Crippen LogP contribution < -0.4 is 5.32 Å². The first-order chi connectivity index (χ1) is 8.49. The molecule has 0 aromatic heterocycles. The van der Waals surface area contributed by atoms with Crippen LogP contribution in [0.2, 0.25) is 0 Å². The van der Waals surface area contributed by atoms with Gasteiger partial charge in [-0.15, -0.1) is 0 Å². The Hall–Kier alpha value is -1.98. The smallest absolute Gasteiger partial charge is 0.249 e. The maximum absolute atomic E-state index is 11.9. The lowest BCUT2D eigenvalue weighted by Crippen LogP contribution is -2.52. The Labute approximate surface area is 105 Å². The van der Waals surface area contributed by atoms with Crippen LogP contribution in [0.15, 0.2) is 11.6 Å². The minimum Gasteiger partial charge on any atom is -0.333 e. The normalized spacial score (nSPS) is 20.3. The van der Waals surface area contributed by atoms with Crippen LogP contribution in [-0.2, 0) is 19.2 Å². The van der Waals surface area contributed by atoms with Gasteiger partial charge in [0.1, 0.15) is 12.3 Å². The summed E-state index contributed by atoms with van der Waals surface area (Å²) in [4.78, 5) is 46.3. The number of aldehydes is 1. The second kappa shape index (κ2) is 6.09. The summed E-state index contributed by atoms with van der Waals surface area (Å²) in [5, 5.41) is 2.19. The van der Waals surface area contributed by atoms with Crippen molar-refractivity contribution in [2.24, 2.45) is 0 Å². The molecule has 1 rings (SSSR count). The van der Waals surface area contributed by atoms with Crippen LogP contribution in [0.25, 0.3) is 0 Å². The van der Waals surface area contributed by atoms with Gasteiger partial charge in [0.15, 0.2) is 0 Å². The van der Waals surface area contributed by atoms with Crippen molar-refractivity contribution in [3.63, 3.8) is 0 Å². The van der Waals surface area contributed by atoms with E-state index in [0.29, 0.717) is 18.3 Å². The molecule has 6 heteroatoms. The molecular formula is C12H16N2O4. The van der Waals surface area contributed by atoms with E-state index in [9.17, 15) is 19.2 Å². The average molecular weight is 252 g/mol. The van der Waals surface area contributed by atoms with E-state index in [2.05, 4.69) is 5.32 Å². The van der Waals surface area contributed by atoms with Crippen molar-refractivity contribution < 1.29 is 19.2 Å². The number of nitrogens with one attached hydrogen (secondary N) is 1. The molecule has 1 N–H and O–H groups in total. The minimum absolute atomic E-state index is 0.0335. The number of carbonyl (C=O) groups excluding carboxylic acids is 4. The van der Waals surface area contributed by atoms with Crippen LogP contribution in [0.1, 0.15) is 26.2 Å². The number of allylic oxidation sites excluding steroid dienone is 1. The monoisotopic (exact) mass is 252 g/mol. The van der Waals surface area contributed by atoms with Gasteiger partial charge in [-0.2, -0.15) is 0 Å². The van der Waals surface area contributed by atoms with Crippen LogP contribution >= 0.6 is 0 Å². The Balaban J connectivity index is 2.66. The largest absolute Gasteiger partial charge is 0.333 e. The van der Waals surface area contributed by atoms with Gasteiger partial charge in [0.25, 0.3) is 0 Å². The first-order valence-electron chi connectivity index (χ1n) is 5.69. The van der Waals surface area contributed by atoms with Gasteiger partial charge in [0, 0.05) is 13.5 Å².